The van der Waals surface area contributed by atoms with Crippen LogP contribution in [0.2, 0.25) is 0 Å². The Morgan fingerprint density at radius 1 is 1.24 bits per heavy atom. The summed E-state index contributed by atoms with van der Waals surface area (Å²) in [4.78, 5) is 27.0. The second-order valence-electron chi connectivity index (χ2n) is 7.50. The lowest BCUT2D eigenvalue weighted by molar-refractivity contribution is -0.385. The van der Waals surface area contributed by atoms with Crippen molar-refractivity contribution in [3.05, 3.63) is 69.8 Å². The molecule has 2 aromatic carbocycles. The van der Waals surface area contributed by atoms with Gasteiger partial charge in [-0.25, -0.2) is 0 Å². The molecule has 1 aliphatic rings. The number of amides is 1. The molecule has 1 amide bonds. The third kappa shape index (κ3) is 5.36. The van der Waals surface area contributed by atoms with Gasteiger partial charge in [0.15, 0.2) is 0 Å². The molecule has 0 aliphatic carbocycles. The highest BCUT2D eigenvalue weighted by Crippen LogP contribution is 2.28. The van der Waals surface area contributed by atoms with Crippen LogP contribution in [0.25, 0.3) is 0 Å². The normalized spacial score (nSPS) is 16.3. The van der Waals surface area contributed by atoms with Gasteiger partial charge in [-0.1, -0.05) is 37.3 Å². The Labute approximate surface area is 175 Å². The van der Waals surface area contributed by atoms with Crippen molar-refractivity contribution in [2.24, 2.45) is 5.92 Å². The Morgan fingerprint density at radius 3 is 2.55 bits per heavy atom. The summed E-state index contributed by atoms with van der Waals surface area (Å²) in [6.07, 6.45) is 4.16. The first-order valence-electron chi connectivity index (χ1n) is 9.89. The molecule has 7 heteroatoms. The molecule has 1 aliphatic heterocycles. The van der Waals surface area contributed by atoms with E-state index >= 15 is 0 Å². The van der Waals surface area contributed by atoms with Crippen molar-refractivity contribution >= 4 is 23.4 Å². The highest BCUT2D eigenvalue weighted by molar-refractivity contribution is 7.98. The topological polar surface area (TPSA) is 75.5 Å². The fraction of sp³-hybridized carbons (Fsp3) is 0.409. The molecule has 154 valence electrons. The zero-order valence-electron chi connectivity index (χ0n) is 16.8. The van der Waals surface area contributed by atoms with Crippen LogP contribution >= 0.6 is 11.8 Å². The molecule has 1 saturated heterocycles. The average molecular weight is 414 g/mol. The quantitative estimate of drug-likeness (QED) is 0.410. The van der Waals surface area contributed by atoms with Gasteiger partial charge in [-0.3, -0.25) is 19.8 Å². The van der Waals surface area contributed by atoms with Crippen LogP contribution in [0.5, 0.6) is 0 Å². The first-order chi connectivity index (χ1) is 14.0. The lowest BCUT2D eigenvalue weighted by Crippen LogP contribution is -2.42. The molecule has 0 spiro atoms. The Balaban J connectivity index is 1.79. The zero-order valence-corrected chi connectivity index (χ0v) is 17.7. The van der Waals surface area contributed by atoms with Gasteiger partial charge in [-0.05, 0) is 55.8 Å². The van der Waals surface area contributed by atoms with Gasteiger partial charge in [0.25, 0.3) is 11.6 Å². The summed E-state index contributed by atoms with van der Waals surface area (Å²) >= 11 is 1.45. The molecule has 1 unspecified atom stereocenters. The summed E-state index contributed by atoms with van der Waals surface area (Å²) < 4.78 is 0. The first-order valence-corrected chi connectivity index (χ1v) is 11.1. The van der Waals surface area contributed by atoms with E-state index in [9.17, 15) is 14.9 Å². The molecule has 1 heterocycles. The molecule has 0 bridgehead atoms. The van der Waals surface area contributed by atoms with Crippen molar-refractivity contribution < 1.29 is 9.72 Å². The van der Waals surface area contributed by atoms with Gasteiger partial charge in [0.05, 0.1) is 11.0 Å². The van der Waals surface area contributed by atoms with E-state index in [2.05, 4.69) is 29.3 Å². The lowest BCUT2D eigenvalue weighted by atomic mass is 9.95. The molecule has 6 nitrogen and oxygen atoms in total. The third-order valence-corrected chi connectivity index (χ3v) is 6.27. The highest BCUT2D eigenvalue weighted by Gasteiger charge is 2.26. The lowest BCUT2D eigenvalue weighted by Gasteiger charge is -2.37. The summed E-state index contributed by atoms with van der Waals surface area (Å²) in [5.74, 6) is 0.313. The van der Waals surface area contributed by atoms with Gasteiger partial charge in [-0.15, -0.1) is 11.8 Å². The fourth-order valence-corrected chi connectivity index (χ4v) is 4.18. The van der Waals surface area contributed by atoms with Crippen LogP contribution in [0.1, 0.15) is 41.7 Å². The summed E-state index contributed by atoms with van der Waals surface area (Å²) in [5.41, 5.74) is 1.10. The fourth-order valence-electron chi connectivity index (χ4n) is 3.74. The number of carbonyl (C=O) groups is 1. The first kappa shape index (κ1) is 21.3. The number of hydrogen-bond acceptors (Lipinski definition) is 5. The summed E-state index contributed by atoms with van der Waals surface area (Å²) in [6, 6.07) is 14.9. The molecule has 0 radical (unpaired) electrons. The van der Waals surface area contributed by atoms with E-state index in [1.165, 1.54) is 17.8 Å². The SMILES string of the molecule is CSc1ccc([N+](=O)[O-])c(C(=O)NCC(c2ccccc2)N2CCC(C)CC2)c1. The van der Waals surface area contributed by atoms with E-state index in [0.717, 1.165) is 36.4 Å². The smallest absolute Gasteiger partial charge is 0.282 e. The molecule has 1 N–H and O–H groups in total. The van der Waals surface area contributed by atoms with Crippen LogP contribution in [-0.4, -0.2) is 41.6 Å². The maximum atomic E-state index is 12.9. The van der Waals surface area contributed by atoms with Crippen LogP contribution in [0.3, 0.4) is 0 Å². The Morgan fingerprint density at radius 2 is 1.93 bits per heavy atom. The summed E-state index contributed by atoms with van der Waals surface area (Å²) in [5, 5.41) is 14.3. The second-order valence-corrected chi connectivity index (χ2v) is 8.37. The molecule has 1 atom stereocenters. The minimum absolute atomic E-state index is 0.0513. The highest BCUT2D eigenvalue weighted by atomic mass is 32.2. The van der Waals surface area contributed by atoms with E-state index < -0.39 is 10.8 Å². The van der Waals surface area contributed by atoms with Crippen LogP contribution in [0, 0.1) is 16.0 Å². The number of nitrogens with one attached hydrogen (secondary N) is 1. The monoisotopic (exact) mass is 413 g/mol. The van der Waals surface area contributed by atoms with Crippen molar-refractivity contribution in [3.63, 3.8) is 0 Å². The molecule has 0 saturated carbocycles. The molecule has 0 aromatic heterocycles. The molecule has 2 aromatic rings. The maximum Gasteiger partial charge on any atom is 0.282 e. The van der Waals surface area contributed by atoms with Gasteiger partial charge < -0.3 is 5.32 Å². The molecule has 3 rings (SSSR count). The number of likely N-dealkylation sites (tertiary alicyclic amines) is 1. The van der Waals surface area contributed by atoms with Crippen LogP contribution in [0.15, 0.2) is 53.4 Å². The summed E-state index contributed by atoms with van der Waals surface area (Å²) in [6.45, 7) is 4.66. The van der Waals surface area contributed by atoms with E-state index in [4.69, 9.17) is 0 Å². The number of nitro groups is 1. The van der Waals surface area contributed by atoms with Gasteiger partial charge >= 0.3 is 0 Å². The van der Waals surface area contributed by atoms with Crippen LogP contribution < -0.4 is 5.32 Å². The van der Waals surface area contributed by atoms with Crippen molar-refractivity contribution in [2.45, 2.75) is 30.7 Å². The maximum absolute atomic E-state index is 12.9. The number of nitrogens with zero attached hydrogens (tertiary/aromatic N) is 2. The Hall–Kier alpha value is -2.38. The molecular weight excluding hydrogens is 386 g/mol. The van der Waals surface area contributed by atoms with Crippen molar-refractivity contribution in [2.75, 3.05) is 25.9 Å². The number of hydrogen-bond donors (Lipinski definition) is 1. The molecule has 29 heavy (non-hydrogen) atoms. The van der Waals surface area contributed by atoms with Gasteiger partial charge in [0, 0.05) is 17.5 Å². The van der Waals surface area contributed by atoms with Crippen molar-refractivity contribution in [1.82, 2.24) is 10.2 Å². The minimum Gasteiger partial charge on any atom is -0.350 e. The zero-order chi connectivity index (χ0) is 20.8. The Kier molecular flexibility index (Phi) is 7.28. The average Bonchev–Trinajstić information content (AvgIpc) is 2.75. The number of thioether (sulfide) groups is 1. The third-order valence-electron chi connectivity index (χ3n) is 5.54. The van der Waals surface area contributed by atoms with Crippen LogP contribution in [-0.2, 0) is 0 Å². The number of carbonyl (C=O) groups excluding carboxylic acids is 1. The van der Waals surface area contributed by atoms with Gasteiger partial charge in [0.2, 0.25) is 0 Å². The van der Waals surface area contributed by atoms with E-state index in [0.29, 0.717) is 12.5 Å². The van der Waals surface area contributed by atoms with E-state index in [1.807, 2.05) is 24.5 Å². The standard InChI is InChI=1S/C22H27N3O3S/c1-16-10-12-24(13-11-16)21(17-6-4-3-5-7-17)15-23-22(26)19-14-18(29-2)8-9-20(19)25(27)28/h3-9,14,16,21H,10-13,15H2,1-2H3,(H,23,26). The van der Waals surface area contributed by atoms with E-state index in [-0.39, 0.29) is 17.3 Å². The minimum atomic E-state index is -0.500. The second kappa shape index (κ2) is 9.89. The van der Waals surface area contributed by atoms with Crippen molar-refractivity contribution in [1.29, 1.82) is 0 Å². The summed E-state index contributed by atoms with van der Waals surface area (Å²) in [7, 11) is 0. The van der Waals surface area contributed by atoms with Crippen molar-refractivity contribution in [3.8, 4) is 0 Å². The van der Waals surface area contributed by atoms with E-state index in [1.54, 1.807) is 12.1 Å². The number of rotatable bonds is 7. The van der Waals surface area contributed by atoms with Crippen LogP contribution in [0.4, 0.5) is 5.69 Å². The van der Waals surface area contributed by atoms with Gasteiger partial charge in [-0.2, -0.15) is 0 Å². The Bertz CT molecular complexity index is 852. The van der Waals surface area contributed by atoms with Gasteiger partial charge in [0.1, 0.15) is 5.56 Å². The number of piperidine rings is 1. The predicted molar refractivity (Wildman–Crippen MR) is 116 cm³/mol. The largest absolute Gasteiger partial charge is 0.350 e. The molecule has 1 fully saturated rings. The number of benzene rings is 2. The number of nitro benzene ring substituents is 1. The predicted octanol–water partition coefficient (Wildman–Crippen LogP) is 4.52. The molecular formula is C22H27N3O3S.